The molecule has 0 bridgehead atoms. The molecule has 9 heteroatoms. The van der Waals surface area contributed by atoms with Gasteiger partial charge < -0.3 is 14.8 Å². The van der Waals surface area contributed by atoms with Crippen LogP contribution in [0.25, 0.3) is 0 Å². The normalized spacial score (nSPS) is 10.4. The Morgan fingerprint density at radius 3 is 2.54 bits per heavy atom. The first-order valence-electron chi connectivity index (χ1n) is 8.94. The van der Waals surface area contributed by atoms with Crippen molar-refractivity contribution < 1.29 is 19.2 Å². The van der Waals surface area contributed by atoms with Crippen molar-refractivity contribution >= 4 is 11.6 Å². The van der Waals surface area contributed by atoms with Crippen LogP contribution in [-0.2, 0) is 17.8 Å². The number of ether oxygens (including phenoxy) is 2. The fourth-order valence-electron chi connectivity index (χ4n) is 2.56. The number of nitrogens with zero attached hydrogens (tertiary/aromatic N) is 2. The molecule has 0 unspecified atom stereocenters. The Labute approximate surface area is 162 Å². The van der Waals surface area contributed by atoms with Crippen molar-refractivity contribution in [1.29, 1.82) is 0 Å². The first-order valence-corrected chi connectivity index (χ1v) is 8.94. The SMILES string of the molecule is CCOc1ccc(CCNC(=O)Cn2cc([N+](=O)[O-])ccc2=O)cc1OCC. The molecule has 0 spiro atoms. The predicted molar refractivity (Wildman–Crippen MR) is 103 cm³/mol. The standard InChI is InChI=1S/C19H23N3O6/c1-3-27-16-7-5-14(11-17(16)28-4-2)9-10-20-18(23)13-21-12-15(22(25)26)6-8-19(21)24/h5-8,11-12H,3-4,9-10,13H2,1-2H3,(H,20,23). The molecule has 0 saturated carbocycles. The monoisotopic (exact) mass is 389 g/mol. The number of hydrogen-bond acceptors (Lipinski definition) is 6. The molecule has 0 saturated heterocycles. The number of hydrogen-bond donors (Lipinski definition) is 1. The summed E-state index contributed by atoms with van der Waals surface area (Å²) in [5.74, 6) is 0.914. The largest absolute Gasteiger partial charge is 0.490 e. The summed E-state index contributed by atoms with van der Waals surface area (Å²) in [6.07, 6.45) is 1.62. The highest BCUT2D eigenvalue weighted by Crippen LogP contribution is 2.28. The average molecular weight is 389 g/mol. The maximum atomic E-state index is 12.1. The average Bonchev–Trinajstić information content (AvgIpc) is 2.65. The Morgan fingerprint density at radius 2 is 1.86 bits per heavy atom. The van der Waals surface area contributed by atoms with E-state index in [-0.39, 0.29) is 12.2 Å². The zero-order chi connectivity index (χ0) is 20.5. The third kappa shape index (κ3) is 5.83. The van der Waals surface area contributed by atoms with Gasteiger partial charge in [0.25, 0.3) is 11.2 Å². The Balaban J connectivity index is 1.93. The minimum absolute atomic E-state index is 0.245. The van der Waals surface area contributed by atoms with Gasteiger partial charge in [-0.2, -0.15) is 0 Å². The minimum Gasteiger partial charge on any atom is -0.490 e. The Bertz CT molecular complexity index is 893. The zero-order valence-corrected chi connectivity index (χ0v) is 15.8. The smallest absolute Gasteiger partial charge is 0.285 e. The number of carbonyl (C=O) groups excluding carboxylic acids is 1. The highest BCUT2D eigenvalue weighted by molar-refractivity contribution is 5.75. The van der Waals surface area contributed by atoms with Crippen LogP contribution in [0.2, 0.25) is 0 Å². The second-order valence-corrected chi connectivity index (χ2v) is 5.86. The number of amides is 1. The minimum atomic E-state index is -0.615. The van der Waals surface area contributed by atoms with Crippen LogP contribution in [0.1, 0.15) is 19.4 Å². The Morgan fingerprint density at radius 1 is 1.14 bits per heavy atom. The summed E-state index contributed by atoms with van der Waals surface area (Å²) in [7, 11) is 0. The van der Waals surface area contributed by atoms with Gasteiger partial charge in [-0.25, -0.2) is 0 Å². The van der Waals surface area contributed by atoms with E-state index in [0.717, 1.165) is 28.5 Å². The molecule has 0 atom stereocenters. The van der Waals surface area contributed by atoms with Crippen molar-refractivity contribution in [3.8, 4) is 11.5 Å². The quantitative estimate of drug-likeness (QED) is 0.491. The van der Waals surface area contributed by atoms with Gasteiger partial charge in [0.2, 0.25) is 5.91 Å². The number of pyridine rings is 1. The number of benzene rings is 1. The molecule has 2 rings (SSSR count). The summed E-state index contributed by atoms with van der Waals surface area (Å²) in [5.41, 5.74) is 0.235. The molecule has 0 aliphatic carbocycles. The summed E-state index contributed by atoms with van der Waals surface area (Å²) in [4.78, 5) is 34.0. The molecule has 0 radical (unpaired) electrons. The maximum absolute atomic E-state index is 12.1. The molecule has 28 heavy (non-hydrogen) atoms. The number of nitro groups is 1. The molecule has 0 aliphatic heterocycles. The van der Waals surface area contributed by atoms with E-state index in [0.29, 0.717) is 37.7 Å². The summed E-state index contributed by atoms with van der Waals surface area (Å²) in [6, 6.07) is 7.77. The number of aromatic nitrogens is 1. The second kappa shape index (κ2) is 10.1. The Hall–Kier alpha value is -3.36. The molecule has 2 aromatic rings. The summed E-state index contributed by atoms with van der Waals surface area (Å²) >= 11 is 0. The topological polar surface area (TPSA) is 113 Å². The molecular weight excluding hydrogens is 366 g/mol. The van der Waals surface area contributed by atoms with Gasteiger partial charge in [-0.3, -0.25) is 24.3 Å². The van der Waals surface area contributed by atoms with E-state index in [1.54, 1.807) is 0 Å². The lowest BCUT2D eigenvalue weighted by Gasteiger charge is -2.13. The summed E-state index contributed by atoms with van der Waals surface area (Å²) < 4.78 is 12.1. The van der Waals surface area contributed by atoms with E-state index in [4.69, 9.17) is 9.47 Å². The van der Waals surface area contributed by atoms with Crippen LogP contribution < -0.4 is 20.3 Å². The van der Waals surface area contributed by atoms with Crippen LogP contribution in [0.3, 0.4) is 0 Å². The molecule has 9 nitrogen and oxygen atoms in total. The molecule has 150 valence electrons. The van der Waals surface area contributed by atoms with Crippen LogP contribution in [0.4, 0.5) is 5.69 Å². The van der Waals surface area contributed by atoms with Gasteiger partial charge in [0.15, 0.2) is 11.5 Å². The van der Waals surface area contributed by atoms with Crippen molar-refractivity contribution in [3.63, 3.8) is 0 Å². The molecule has 1 aromatic heterocycles. The number of nitrogens with one attached hydrogen (secondary N) is 1. The van der Waals surface area contributed by atoms with Gasteiger partial charge >= 0.3 is 0 Å². The summed E-state index contributed by atoms with van der Waals surface area (Å²) in [5, 5.41) is 13.5. The van der Waals surface area contributed by atoms with Crippen LogP contribution in [0.5, 0.6) is 11.5 Å². The van der Waals surface area contributed by atoms with Crippen molar-refractivity contribution in [2.24, 2.45) is 0 Å². The van der Waals surface area contributed by atoms with Crippen molar-refractivity contribution in [3.05, 3.63) is 62.6 Å². The molecule has 0 aliphatic rings. The molecule has 1 amide bonds. The van der Waals surface area contributed by atoms with Gasteiger partial charge in [0.05, 0.1) is 24.3 Å². The maximum Gasteiger partial charge on any atom is 0.285 e. The van der Waals surface area contributed by atoms with Crippen LogP contribution in [0.15, 0.2) is 41.3 Å². The van der Waals surface area contributed by atoms with E-state index in [1.165, 1.54) is 0 Å². The van der Waals surface area contributed by atoms with Crippen LogP contribution in [-0.4, -0.2) is 35.2 Å². The molecular formula is C19H23N3O6. The second-order valence-electron chi connectivity index (χ2n) is 5.86. The van der Waals surface area contributed by atoms with E-state index in [9.17, 15) is 19.7 Å². The van der Waals surface area contributed by atoms with Gasteiger partial charge in [0, 0.05) is 18.7 Å². The molecule has 0 fully saturated rings. The van der Waals surface area contributed by atoms with Gasteiger partial charge in [0.1, 0.15) is 6.54 Å². The lowest BCUT2D eigenvalue weighted by Crippen LogP contribution is -2.33. The first-order chi connectivity index (χ1) is 13.4. The third-order valence-electron chi connectivity index (χ3n) is 3.84. The lowest BCUT2D eigenvalue weighted by atomic mass is 10.1. The fraction of sp³-hybridized carbons (Fsp3) is 0.368. The first kappa shape index (κ1) is 20.9. The highest BCUT2D eigenvalue weighted by atomic mass is 16.6. The fourth-order valence-corrected chi connectivity index (χ4v) is 2.56. The van der Waals surface area contributed by atoms with Crippen molar-refractivity contribution in [2.75, 3.05) is 19.8 Å². The van der Waals surface area contributed by atoms with Crippen LogP contribution >= 0.6 is 0 Å². The van der Waals surface area contributed by atoms with Gasteiger partial charge in [-0.15, -0.1) is 0 Å². The van der Waals surface area contributed by atoms with E-state index in [1.807, 2.05) is 32.0 Å². The van der Waals surface area contributed by atoms with E-state index in [2.05, 4.69) is 5.32 Å². The molecule has 1 heterocycles. The zero-order valence-electron chi connectivity index (χ0n) is 15.8. The van der Waals surface area contributed by atoms with Gasteiger partial charge in [-0.1, -0.05) is 6.07 Å². The summed E-state index contributed by atoms with van der Waals surface area (Å²) in [6.45, 7) is 4.89. The van der Waals surface area contributed by atoms with E-state index < -0.39 is 16.4 Å². The molecule has 1 N–H and O–H groups in total. The predicted octanol–water partition coefficient (Wildman–Crippen LogP) is 1.91. The number of rotatable bonds is 10. The van der Waals surface area contributed by atoms with Gasteiger partial charge in [-0.05, 0) is 38.0 Å². The lowest BCUT2D eigenvalue weighted by molar-refractivity contribution is -0.385. The van der Waals surface area contributed by atoms with Crippen LogP contribution in [0, 0.1) is 10.1 Å². The Kier molecular flexibility index (Phi) is 7.55. The highest BCUT2D eigenvalue weighted by Gasteiger charge is 2.11. The molecule has 1 aromatic carbocycles. The van der Waals surface area contributed by atoms with Crippen molar-refractivity contribution in [2.45, 2.75) is 26.8 Å². The van der Waals surface area contributed by atoms with Crippen molar-refractivity contribution in [1.82, 2.24) is 9.88 Å². The van der Waals surface area contributed by atoms with E-state index >= 15 is 0 Å². The number of carbonyl (C=O) groups is 1. The third-order valence-corrected chi connectivity index (χ3v) is 3.84.